The Bertz CT molecular complexity index is 862. The van der Waals surface area contributed by atoms with E-state index in [0.717, 1.165) is 17.3 Å². The molecular formula is C17H11BrN2O3S. The van der Waals surface area contributed by atoms with Crippen LogP contribution in [-0.4, -0.2) is 17.0 Å². The number of amidine groups is 1. The SMILES string of the molecule is N=C1NC(=O)/C(=C/c2ccc(OC(=O)c3ccccc3Br)cc2)S1. The van der Waals surface area contributed by atoms with Crippen LogP contribution in [0.5, 0.6) is 5.75 Å². The molecule has 1 aliphatic heterocycles. The van der Waals surface area contributed by atoms with Gasteiger partial charge < -0.3 is 10.1 Å². The third-order valence-corrected chi connectivity index (χ3v) is 4.67. The number of thioether (sulfide) groups is 1. The third kappa shape index (κ3) is 3.74. The molecule has 0 bridgehead atoms. The van der Waals surface area contributed by atoms with E-state index in [9.17, 15) is 9.59 Å². The van der Waals surface area contributed by atoms with Crippen LogP contribution in [0.25, 0.3) is 6.08 Å². The number of amides is 1. The van der Waals surface area contributed by atoms with E-state index in [4.69, 9.17) is 10.1 Å². The van der Waals surface area contributed by atoms with Crippen LogP contribution in [0, 0.1) is 5.41 Å². The van der Waals surface area contributed by atoms with E-state index in [1.165, 1.54) is 0 Å². The monoisotopic (exact) mass is 402 g/mol. The van der Waals surface area contributed by atoms with Gasteiger partial charge in [-0.1, -0.05) is 24.3 Å². The molecule has 2 N–H and O–H groups in total. The predicted octanol–water partition coefficient (Wildman–Crippen LogP) is 3.81. The number of carbonyl (C=O) groups is 2. The molecule has 0 spiro atoms. The predicted molar refractivity (Wildman–Crippen MR) is 97.0 cm³/mol. The van der Waals surface area contributed by atoms with E-state index in [1.807, 2.05) is 6.07 Å². The molecule has 3 rings (SSSR count). The Morgan fingerprint density at radius 1 is 1.17 bits per heavy atom. The largest absolute Gasteiger partial charge is 0.423 e. The molecular weight excluding hydrogens is 392 g/mol. The van der Waals surface area contributed by atoms with Gasteiger partial charge in [0.05, 0.1) is 10.5 Å². The standard InChI is InChI=1S/C17H11BrN2O3S/c18-13-4-2-1-3-12(13)16(22)23-11-7-5-10(6-8-11)9-14-15(21)20-17(19)24-14/h1-9H,(H2,19,20,21)/b14-9-. The molecule has 0 radical (unpaired) electrons. The molecule has 1 saturated heterocycles. The van der Waals surface area contributed by atoms with Crippen molar-refractivity contribution < 1.29 is 14.3 Å². The summed E-state index contributed by atoms with van der Waals surface area (Å²) in [7, 11) is 0. The van der Waals surface area contributed by atoms with Gasteiger partial charge in [0, 0.05) is 4.47 Å². The first-order chi connectivity index (χ1) is 11.5. The summed E-state index contributed by atoms with van der Waals surface area (Å²) in [5.41, 5.74) is 1.23. The maximum Gasteiger partial charge on any atom is 0.344 e. The van der Waals surface area contributed by atoms with Crippen molar-refractivity contribution in [3.05, 3.63) is 69.0 Å². The zero-order chi connectivity index (χ0) is 17.1. The summed E-state index contributed by atoms with van der Waals surface area (Å²) in [6.45, 7) is 0. The van der Waals surface area contributed by atoms with Crippen molar-refractivity contribution in [2.75, 3.05) is 0 Å². The Morgan fingerprint density at radius 2 is 1.88 bits per heavy atom. The highest BCUT2D eigenvalue weighted by atomic mass is 79.9. The van der Waals surface area contributed by atoms with Gasteiger partial charge >= 0.3 is 5.97 Å². The second-order valence-electron chi connectivity index (χ2n) is 4.83. The summed E-state index contributed by atoms with van der Waals surface area (Å²) in [5, 5.41) is 9.94. The zero-order valence-electron chi connectivity index (χ0n) is 12.2. The highest BCUT2D eigenvalue weighted by molar-refractivity contribution is 9.10. The molecule has 1 amide bonds. The molecule has 1 heterocycles. The molecule has 0 aromatic heterocycles. The van der Waals surface area contributed by atoms with E-state index in [2.05, 4.69) is 21.2 Å². The van der Waals surface area contributed by atoms with Crippen molar-refractivity contribution >= 4 is 50.8 Å². The molecule has 24 heavy (non-hydrogen) atoms. The molecule has 0 unspecified atom stereocenters. The normalized spacial score (nSPS) is 15.5. The lowest BCUT2D eigenvalue weighted by molar-refractivity contribution is -0.115. The van der Waals surface area contributed by atoms with Gasteiger partial charge in [-0.05, 0) is 63.6 Å². The second kappa shape index (κ2) is 7.02. The molecule has 120 valence electrons. The number of rotatable bonds is 3. The Balaban J connectivity index is 1.72. The first-order valence-corrected chi connectivity index (χ1v) is 8.50. The molecule has 0 saturated carbocycles. The fourth-order valence-electron chi connectivity index (χ4n) is 2.01. The molecule has 7 heteroatoms. The van der Waals surface area contributed by atoms with E-state index < -0.39 is 5.97 Å². The molecule has 1 aliphatic rings. The van der Waals surface area contributed by atoms with Gasteiger partial charge in [0.1, 0.15) is 5.75 Å². The average molecular weight is 403 g/mol. The molecule has 2 aromatic rings. The highest BCUT2D eigenvalue weighted by Gasteiger charge is 2.22. The van der Waals surface area contributed by atoms with Crippen LogP contribution < -0.4 is 10.1 Å². The molecule has 0 atom stereocenters. The molecule has 2 aromatic carbocycles. The summed E-state index contributed by atoms with van der Waals surface area (Å²) in [6, 6.07) is 13.8. The second-order valence-corrected chi connectivity index (χ2v) is 6.74. The van der Waals surface area contributed by atoms with Gasteiger partial charge in [0.15, 0.2) is 5.17 Å². The summed E-state index contributed by atoms with van der Waals surface area (Å²) in [5.74, 6) is -0.323. The number of hydrogen-bond acceptors (Lipinski definition) is 5. The zero-order valence-corrected chi connectivity index (χ0v) is 14.6. The van der Waals surface area contributed by atoms with Crippen LogP contribution in [0.4, 0.5) is 0 Å². The number of ether oxygens (including phenoxy) is 1. The molecule has 1 fully saturated rings. The van der Waals surface area contributed by atoms with Gasteiger partial charge in [0.2, 0.25) is 0 Å². The third-order valence-electron chi connectivity index (χ3n) is 3.15. The van der Waals surface area contributed by atoms with E-state index in [0.29, 0.717) is 20.7 Å². The van der Waals surface area contributed by atoms with Crippen molar-refractivity contribution in [1.82, 2.24) is 5.32 Å². The van der Waals surface area contributed by atoms with Crippen molar-refractivity contribution in [2.45, 2.75) is 0 Å². The molecule has 5 nitrogen and oxygen atoms in total. The minimum atomic E-state index is -0.451. The van der Waals surface area contributed by atoms with Crippen molar-refractivity contribution in [1.29, 1.82) is 5.41 Å². The van der Waals surface area contributed by atoms with Gasteiger partial charge in [-0.3, -0.25) is 10.2 Å². The number of nitrogens with one attached hydrogen (secondary N) is 2. The van der Waals surface area contributed by atoms with Crippen LogP contribution in [0.2, 0.25) is 0 Å². The Hall–Kier alpha value is -2.38. The lowest BCUT2D eigenvalue weighted by Gasteiger charge is -2.06. The van der Waals surface area contributed by atoms with Crippen LogP contribution >= 0.6 is 27.7 Å². The lowest BCUT2D eigenvalue weighted by atomic mass is 10.2. The van der Waals surface area contributed by atoms with Gasteiger partial charge in [-0.2, -0.15) is 0 Å². The Morgan fingerprint density at radius 3 is 2.50 bits per heavy atom. The quantitative estimate of drug-likeness (QED) is 0.464. The maximum atomic E-state index is 12.1. The minimum Gasteiger partial charge on any atom is -0.423 e. The maximum absolute atomic E-state index is 12.1. The van der Waals surface area contributed by atoms with Gasteiger partial charge in [-0.25, -0.2) is 4.79 Å². The van der Waals surface area contributed by atoms with E-state index in [-0.39, 0.29) is 11.1 Å². The fraction of sp³-hybridized carbons (Fsp3) is 0. The van der Waals surface area contributed by atoms with Gasteiger partial charge in [-0.15, -0.1) is 0 Å². The molecule has 0 aliphatic carbocycles. The number of benzene rings is 2. The Labute approximate surface area is 150 Å². The van der Waals surface area contributed by atoms with Crippen LogP contribution in [-0.2, 0) is 4.79 Å². The lowest BCUT2D eigenvalue weighted by Crippen LogP contribution is -2.18. The Kier molecular flexibility index (Phi) is 4.82. The van der Waals surface area contributed by atoms with Crippen LogP contribution in [0.15, 0.2) is 57.9 Å². The first-order valence-electron chi connectivity index (χ1n) is 6.89. The first kappa shape index (κ1) is 16.5. The summed E-state index contributed by atoms with van der Waals surface area (Å²) in [4.78, 5) is 24.2. The van der Waals surface area contributed by atoms with Crippen molar-refractivity contribution in [3.63, 3.8) is 0 Å². The fourth-order valence-corrected chi connectivity index (χ4v) is 3.16. The number of halogens is 1. The van der Waals surface area contributed by atoms with E-state index >= 15 is 0 Å². The smallest absolute Gasteiger partial charge is 0.344 e. The topological polar surface area (TPSA) is 79.2 Å². The highest BCUT2D eigenvalue weighted by Crippen LogP contribution is 2.26. The average Bonchev–Trinajstić information content (AvgIpc) is 2.87. The van der Waals surface area contributed by atoms with Gasteiger partial charge in [0.25, 0.3) is 5.91 Å². The van der Waals surface area contributed by atoms with Crippen LogP contribution in [0.3, 0.4) is 0 Å². The number of hydrogen-bond donors (Lipinski definition) is 2. The summed E-state index contributed by atoms with van der Waals surface area (Å²) < 4.78 is 6.01. The minimum absolute atomic E-state index is 0.116. The summed E-state index contributed by atoms with van der Waals surface area (Å²) in [6.07, 6.45) is 1.68. The summed E-state index contributed by atoms with van der Waals surface area (Å²) >= 11 is 4.39. The number of esters is 1. The van der Waals surface area contributed by atoms with Crippen molar-refractivity contribution in [2.24, 2.45) is 0 Å². The van der Waals surface area contributed by atoms with Crippen LogP contribution in [0.1, 0.15) is 15.9 Å². The van der Waals surface area contributed by atoms with E-state index in [1.54, 1.807) is 48.5 Å². The van der Waals surface area contributed by atoms with Crippen molar-refractivity contribution in [3.8, 4) is 5.75 Å². The number of carbonyl (C=O) groups excluding carboxylic acids is 2.